The van der Waals surface area contributed by atoms with Gasteiger partial charge in [-0.15, -0.1) is 0 Å². The standard InChI is InChI=1S/C24H26N4O/c1-16-22(17-10-7-6-8-11-17)23-26-20(24(2,3)4)15-21(28(23)27-16)25-18-12-9-13-19(14-18)29-5/h6-15,25H,1-5H3. The third-order valence-electron chi connectivity index (χ3n) is 4.94. The average Bonchev–Trinajstić information content (AvgIpc) is 3.04. The number of aromatic nitrogens is 3. The predicted octanol–water partition coefficient (Wildman–Crippen LogP) is 5.75. The lowest BCUT2D eigenvalue weighted by atomic mass is 9.92. The van der Waals surface area contributed by atoms with Crippen molar-refractivity contribution in [2.75, 3.05) is 12.4 Å². The second kappa shape index (κ2) is 7.24. The van der Waals surface area contributed by atoms with Crippen LogP contribution in [-0.4, -0.2) is 21.7 Å². The molecule has 0 fully saturated rings. The van der Waals surface area contributed by atoms with Gasteiger partial charge in [-0.25, -0.2) is 4.98 Å². The van der Waals surface area contributed by atoms with E-state index in [-0.39, 0.29) is 5.41 Å². The van der Waals surface area contributed by atoms with Gasteiger partial charge in [-0.05, 0) is 24.6 Å². The SMILES string of the molecule is COc1cccc(Nc2cc(C(C)(C)C)nc3c(-c4ccccc4)c(C)nn23)c1. The molecule has 0 aliphatic heterocycles. The number of benzene rings is 2. The van der Waals surface area contributed by atoms with Crippen molar-refractivity contribution in [2.45, 2.75) is 33.1 Å². The molecule has 0 aliphatic carbocycles. The quantitative estimate of drug-likeness (QED) is 0.485. The summed E-state index contributed by atoms with van der Waals surface area (Å²) in [5.74, 6) is 1.68. The molecule has 0 radical (unpaired) electrons. The van der Waals surface area contributed by atoms with Crippen LogP contribution in [0.1, 0.15) is 32.2 Å². The van der Waals surface area contributed by atoms with Gasteiger partial charge in [0.2, 0.25) is 0 Å². The number of ether oxygens (including phenoxy) is 1. The van der Waals surface area contributed by atoms with Crippen LogP contribution in [0.15, 0.2) is 60.7 Å². The first-order chi connectivity index (χ1) is 13.9. The predicted molar refractivity (Wildman–Crippen MR) is 118 cm³/mol. The second-order valence-electron chi connectivity index (χ2n) is 8.20. The van der Waals surface area contributed by atoms with Crippen molar-refractivity contribution in [1.82, 2.24) is 14.6 Å². The summed E-state index contributed by atoms with van der Waals surface area (Å²) in [4.78, 5) is 5.02. The average molecular weight is 386 g/mol. The van der Waals surface area contributed by atoms with Crippen LogP contribution in [0.25, 0.3) is 16.8 Å². The molecule has 2 heterocycles. The first-order valence-corrected chi connectivity index (χ1v) is 9.74. The molecule has 5 nitrogen and oxygen atoms in total. The van der Waals surface area contributed by atoms with Crippen molar-refractivity contribution < 1.29 is 4.74 Å². The number of fused-ring (bicyclic) bond motifs is 1. The summed E-state index contributed by atoms with van der Waals surface area (Å²) in [5, 5.41) is 8.32. The van der Waals surface area contributed by atoms with E-state index in [1.807, 2.05) is 53.9 Å². The maximum Gasteiger partial charge on any atom is 0.165 e. The van der Waals surface area contributed by atoms with Crippen LogP contribution in [0.4, 0.5) is 11.5 Å². The first-order valence-electron chi connectivity index (χ1n) is 9.74. The van der Waals surface area contributed by atoms with Gasteiger partial charge in [0, 0.05) is 28.8 Å². The summed E-state index contributed by atoms with van der Waals surface area (Å²) in [7, 11) is 1.67. The Hall–Kier alpha value is -3.34. The summed E-state index contributed by atoms with van der Waals surface area (Å²) in [6.45, 7) is 8.55. The van der Waals surface area contributed by atoms with E-state index >= 15 is 0 Å². The summed E-state index contributed by atoms with van der Waals surface area (Å²) in [6, 6.07) is 20.3. The molecule has 0 saturated carbocycles. The topological polar surface area (TPSA) is 51.5 Å². The fourth-order valence-electron chi connectivity index (χ4n) is 3.39. The molecule has 0 amide bonds. The zero-order chi connectivity index (χ0) is 20.6. The van der Waals surface area contributed by atoms with Crippen molar-refractivity contribution in [3.05, 3.63) is 72.1 Å². The van der Waals surface area contributed by atoms with Gasteiger partial charge in [-0.3, -0.25) is 0 Å². The Labute approximate surface area is 171 Å². The lowest BCUT2D eigenvalue weighted by Gasteiger charge is -2.20. The van der Waals surface area contributed by atoms with Crippen molar-refractivity contribution in [1.29, 1.82) is 0 Å². The highest BCUT2D eigenvalue weighted by molar-refractivity contribution is 5.81. The van der Waals surface area contributed by atoms with Crippen LogP contribution < -0.4 is 10.1 Å². The minimum atomic E-state index is -0.0985. The molecule has 4 rings (SSSR count). The molecule has 0 bridgehead atoms. The third kappa shape index (κ3) is 3.68. The molecule has 29 heavy (non-hydrogen) atoms. The van der Waals surface area contributed by atoms with Gasteiger partial charge in [0.15, 0.2) is 5.65 Å². The largest absolute Gasteiger partial charge is 0.497 e. The van der Waals surface area contributed by atoms with Crippen LogP contribution in [0.2, 0.25) is 0 Å². The van der Waals surface area contributed by atoms with Crippen LogP contribution in [0, 0.1) is 6.92 Å². The van der Waals surface area contributed by atoms with Gasteiger partial charge < -0.3 is 10.1 Å². The Morgan fingerprint density at radius 2 is 1.72 bits per heavy atom. The number of rotatable bonds is 4. The second-order valence-corrected chi connectivity index (χ2v) is 8.20. The summed E-state index contributed by atoms with van der Waals surface area (Å²) < 4.78 is 7.26. The van der Waals surface area contributed by atoms with Crippen LogP contribution in [0.5, 0.6) is 5.75 Å². The molecule has 4 aromatic rings. The number of nitrogens with zero attached hydrogens (tertiary/aromatic N) is 3. The molecule has 5 heteroatoms. The monoisotopic (exact) mass is 386 g/mol. The Balaban J connectivity index is 1.93. The Morgan fingerprint density at radius 3 is 2.41 bits per heavy atom. The van der Waals surface area contributed by atoms with Gasteiger partial charge in [0.1, 0.15) is 11.6 Å². The number of aryl methyl sites for hydroxylation is 1. The van der Waals surface area contributed by atoms with E-state index in [0.717, 1.165) is 45.4 Å². The van der Waals surface area contributed by atoms with E-state index in [1.54, 1.807) is 7.11 Å². The van der Waals surface area contributed by atoms with Gasteiger partial charge in [0.25, 0.3) is 0 Å². The fourth-order valence-corrected chi connectivity index (χ4v) is 3.39. The van der Waals surface area contributed by atoms with E-state index in [1.165, 1.54) is 0 Å². The molecule has 0 aliphatic rings. The van der Waals surface area contributed by atoms with Crippen molar-refractivity contribution in [2.24, 2.45) is 0 Å². The van der Waals surface area contributed by atoms with E-state index in [0.29, 0.717) is 0 Å². The third-order valence-corrected chi connectivity index (χ3v) is 4.94. The molecule has 2 aromatic heterocycles. The number of nitrogens with one attached hydrogen (secondary N) is 1. The van der Waals surface area contributed by atoms with Gasteiger partial charge in [-0.2, -0.15) is 9.61 Å². The van der Waals surface area contributed by atoms with Crippen molar-refractivity contribution in [3.8, 4) is 16.9 Å². The van der Waals surface area contributed by atoms with E-state index in [9.17, 15) is 0 Å². The van der Waals surface area contributed by atoms with Gasteiger partial charge in [-0.1, -0.05) is 57.2 Å². The molecule has 0 unspecified atom stereocenters. The van der Waals surface area contributed by atoms with E-state index in [2.05, 4.69) is 44.3 Å². The minimum absolute atomic E-state index is 0.0985. The van der Waals surface area contributed by atoms with E-state index < -0.39 is 0 Å². The Morgan fingerprint density at radius 1 is 0.966 bits per heavy atom. The zero-order valence-electron chi connectivity index (χ0n) is 17.5. The maximum atomic E-state index is 5.36. The van der Waals surface area contributed by atoms with Crippen LogP contribution in [-0.2, 0) is 5.41 Å². The highest BCUT2D eigenvalue weighted by Gasteiger charge is 2.22. The van der Waals surface area contributed by atoms with E-state index in [4.69, 9.17) is 14.8 Å². The van der Waals surface area contributed by atoms with Crippen molar-refractivity contribution >= 4 is 17.2 Å². The molecule has 148 valence electrons. The molecule has 0 saturated heterocycles. The summed E-state index contributed by atoms with van der Waals surface area (Å²) >= 11 is 0. The highest BCUT2D eigenvalue weighted by Crippen LogP contribution is 2.33. The molecule has 2 aromatic carbocycles. The first kappa shape index (κ1) is 19.0. The summed E-state index contributed by atoms with van der Waals surface area (Å²) in [6.07, 6.45) is 0. The Bertz CT molecular complexity index is 1160. The Kier molecular flexibility index (Phi) is 4.74. The summed E-state index contributed by atoms with van der Waals surface area (Å²) in [5.41, 5.74) is 5.82. The molecule has 1 N–H and O–H groups in total. The minimum Gasteiger partial charge on any atom is -0.497 e. The molecular weight excluding hydrogens is 360 g/mol. The lowest BCUT2D eigenvalue weighted by molar-refractivity contribution is 0.415. The van der Waals surface area contributed by atoms with Crippen LogP contribution in [0.3, 0.4) is 0 Å². The highest BCUT2D eigenvalue weighted by atomic mass is 16.5. The normalized spacial score (nSPS) is 11.6. The number of hydrogen-bond acceptors (Lipinski definition) is 4. The zero-order valence-corrected chi connectivity index (χ0v) is 17.5. The molecule has 0 atom stereocenters. The van der Waals surface area contributed by atoms with Crippen LogP contribution >= 0.6 is 0 Å². The smallest absolute Gasteiger partial charge is 0.165 e. The van der Waals surface area contributed by atoms with Gasteiger partial charge in [0.05, 0.1) is 18.5 Å². The molecular formula is C24H26N4O. The number of hydrogen-bond donors (Lipinski definition) is 1. The van der Waals surface area contributed by atoms with Gasteiger partial charge >= 0.3 is 0 Å². The number of anilines is 2. The number of methoxy groups -OCH3 is 1. The maximum absolute atomic E-state index is 5.36. The fraction of sp³-hybridized carbons (Fsp3) is 0.250. The lowest BCUT2D eigenvalue weighted by Crippen LogP contribution is -2.16. The van der Waals surface area contributed by atoms with Crippen molar-refractivity contribution in [3.63, 3.8) is 0 Å². The molecule has 0 spiro atoms.